The number of amidine groups is 1. The maximum atomic E-state index is 13.3. The van der Waals surface area contributed by atoms with E-state index in [9.17, 15) is 9.59 Å². The Bertz CT molecular complexity index is 986. The molecule has 1 amide bonds. The maximum absolute atomic E-state index is 13.3. The zero-order valence-electron chi connectivity index (χ0n) is 19.3. The number of esters is 1. The Hall–Kier alpha value is -2.54. The number of benzene rings is 1. The number of aliphatic imine (C=N–C) groups is 1. The van der Waals surface area contributed by atoms with Crippen LogP contribution in [-0.2, 0) is 14.3 Å². The van der Waals surface area contributed by atoms with Crippen molar-refractivity contribution in [2.75, 3.05) is 0 Å². The topological polar surface area (TPSA) is 71.0 Å². The molecule has 1 unspecified atom stereocenters. The maximum Gasteiger partial charge on any atom is 0.338 e. The van der Waals surface area contributed by atoms with Crippen LogP contribution in [0.2, 0.25) is 0 Å². The second-order valence-electron chi connectivity index (χ2n) is 9.15. The van der Waals surface area contributed by atoms with Crippen LogP contribution < -0.4 is 5.32 Å². The first-order valence-electron chi connectivity index (χ1n) is 10.5. The van der Waals surface area contributed by atoms with Crippen LogP contribution in [0.25, 0.3) is 0 Å². The fourth-order valence-electron chi connectivity index (χ4n) is 3.69. The normalized spacial score (nSPS) is 18.6. The van der Waals surface area contributed by atoms with Crippen LogP contribution in [0.4, 0.5) is 0 Å². The summed E-state index contributed by atoms with van der Waals surface area (Å²) < 4.78 is 5.76. The Morgan fingerprint density at radius 2 is 1.90 bits per heavy atom. The molecule has 1 N–H and O–H groups in total. The first-order valence-corrected chi connectivity index (χ1v) is 11.4. The highest BCUT2D eigenvalue weighted by Crippen LogP contribution is 2.45. The van der Waals surface area contributed by atoms with E-state index in [1.807, 2.05) is 83.0 Å². The summed E-state index contributed by atoms with van der Waals surface area (Å²) in [5, 5.41) is 5.67. The molecule has 2 aliphatic heterocycles. The third-order valence-electron chi connectivity index (χ3n) is 4.89. The molecule has 1 atom stereocenters. The Balaban J connectivity index is 2.07. The first-order chi connectivity index (χ1) is 14.5. The lowest BCUT2D eigenvalue weighted by Crippen LogP contribution is -2.40. The van der Waals surface area contributed by atoms with Gasteiger partial charge in [0.05, 0.1) is 23.7 Å². The monoisotopic (exact) mass is 441 g/mol. The van der Waals surface area contributed by atoms with Crippen molar-refractivity contribution < 1.29 is 14.3 Å². The van der Waals surface area contributed by atoms with Crippen molar-refractivity contribution in [1.29, 1.82) is 0 Å². The van der Waals surface area contributed by atoms with Gasteiger partial charge in [0.2, 0.25) is 5.91 Å². The number of carbonyl (C=O) groups excluding carboxylic acids is 2. The van der Waals surface area contributed by atoms with Crippen molar-refractivity contribution in [3.05, 3.63) is 57.8 Å². The molecule has 0 bridgehead atoms. The van der Waals surface area contributed by atoms with Crippen LogP contribution in [0.5, 0.6) is 0 Å². The summed E-state index contributed by atoms with van der Waals surface area (Å²) in [6.45, 7) is 13.3. The zero-order chi connectivity index (χ0) is 22.9. The minimum atomic E-state index is -0.625. The van der Waals surface area contributed by atoms with Gasteiger partial charge in [-0.2, -0.15) is 0 Å². The Morgan fingerprint density at radius 1 is 1.23 bits per heavy atom. The van der Waals surface area contributed by atoms with Crippen LogP contribution in [0, 0.1) is 6.92 Å². The largest absolute Gasteiger partial charge is 0.456 e. The van der Waals surface area contributed by atoms with Crippen LogP contribution in [0.3, 0.4) is 0 Å². The van der Waals surface area contributed by atoms with Gasteiger partial charge < -0.3 is 15.0 Å². The van der Waals surface area contributed by atoms with Crippen molar-refractivity contribution in [2.24, 2.45) is 4.99 Å². The van der Waals surface area contributed by atoms with Crippen LogP contribution in [0.1, 0.15) is 65.1 Å². The van der Waals surface area contributed by atoms with Gasteiger partial charge in [-0.3, -0.25) is 4.79 Å². The van der Waals surface area contributed by atoms with Gasteiger partial charge in [0.1, 0.15) is 5.60 Å². The number of nitrogens with zero attached hydrogens (tertiary/aromatic N) is 2. The van der Waals surface area contributed by atoms with E-state index in [0.717, 1.165) is 22.0 Å². The highest BCUT2D eigenvalue weighted by molar-refractivity contribution is 8.16. The Morgan fingerprint density at radius 3 is 2.52 bits per heavy atom. The second-order valence-corrected chi connectivity index (χ2v) is 9.99. The molecule has 166 valence electrons. The third-order valence-corrected chi connectivity index (χ3v) is 5.78. The molecule has 1 aromatic carbocycles. The number of carbonyl (C=O) groups is 2. The Labute approximate surface area is 188 Å². The van der Waals surface area contributed by atoms with Gasteiger partial charge in [0.15, 0.2) is 5.17 Å². The minimum Gasteiger partial charge on any atom is -0.456 e. The average Bonchev–Trinajstić information content (AvgIpc) is 3.01. The number of rotatable bonds is 5. The molecule has 0 aliphatic carbocycles. The van der Waals surface area contributed by atoms with E-state index < -0.39 is 11.6 Å². The number of amides is 1. The first kappa shape index (κ1) is 23.1. The number of allylic oxidation sites excluding steroid dienone is 1. The summed E-state index contributed by atoms with van der Waals surface area (Å²) in [5.74, 6) is -0.444. The predicted octanol–water partition coefficient (Wildman–Crippen LogP) is 4.83. The molecule has 3 rings (SSSR count). The summed E-state index contributed by atoms with van der Waals surface area (Å²) in [5.41, 5.74) is 3.40. The number of ether oxygens (including phenoxy) is 1. The molecule has 0 saturated carbocycles. The van der Waals surface area contributed by atoms with E-state index in [4.69, 9.17) is 9.73 Å². The quantitative estimate of drug-likeness (QED) is 0.663. The molecule has 0 radical (unpaired) electrons. The van der Waals surface area contributed by atoms with E-state index in [1.54, 1.807) is 0 Å². The predicted molar refractivity (Wildman–Crippen MR) is 125 cm³/mol. The van der Waals surface area contributed by atoms with Crippen molar-refractivity contribution in [2.45, 2.75) is 72.6 Å². The molecule has 2 heterocycles. The summed E-state index contributed by atoms with van der Waals surface area (Å²) >= 11 is 1.48. The average molecular weight is 442 g/mol. The van der Waals surface area contributed by atoms with Gasteiger partial charge in [0, 0.05) is 11.7 Å². The van der Waals surface area contributed by atoms with E-state index in [2.05, 4.69) is 5.32 Å². The number of fused-ring (bicyclic) bond motifs is 1. The SMILES string of the molecule is CC1=C(C(=O)OC(C)(C)C)C(c2ccccc2C)N2C(CC(=O)NC(C)C)=CSC2=N1. The van der Waals surface area contributed by atoms with Crippen LogP contribution >= 0.6 is 11.8 Å². The lowest BCUT2D eigenvalue weighted by atomic mass is 9.91. The molecular weight excluding hydrogens is 410 g/mol. The van der Waals surface area contributed by atoms with Crippen LogP contribution in [0.15, 0.2) is 51.6 Å². The highest BCUT2D eigenvalue weighted by Gasteiger charge is 2.42. The Kier molecular flexibility index (Phi) is 6.65. The summed E-state index contributed by atoms with van der Waals surface area (Å²) in [4.78, 5) is 32.5. The summed E-state index contributed by atoms with van der Waals surface area (Å²) in [6.07, 6.45) is 0.216. The molecule has 0 saturated heterocycles. The van der Waals surface area contributed by atoms with Crippen LogP contribution in [-0.4, -0.2) is 33.6 Å². The third kappa shape index (κ3) is 5.21. The summed E-state index contributed by atoms with van der Waals surface area (Å²) in [7, 11) is 0. The van der Waals surface area contributed by atoms with Crippen molar-refractivity contribution in [1.82, 2.24) is 10.2 Å². The summed E-state index contributed by atoms with van der Waals surface area (Å²) in [6, 6.07) is 7.65. The molecule has 2 aliphatic rings. The molecule has 1 aromatic rings. The molecule has 0 spiro atoms. The zero-order valence-corrected chi connectivity index (χ0v) is 20.1. The van der Waals surface area contributed by atoms with Gasteiger partial charge in [-0.25, -0.2) is 9.79 Å². The van der Waals surface area contributed by atoms with Gasteiger partial charge in [-0.05, 0) is 65.0 Å². The minimum absolute atomic E-state index is 0.0586. The van der Waals surface area contributed by atoms with Gasteiger partial charge in [0.25, 0.3) is 0 Å². The highest BCUT2D eigenvalue weighted by atomic mass is 32.2. The number of thioether (sulfide) groups is 1. The van der Waals surface area contributed by atoms with Gasteiger partial charge in [-0.15, -0.1) is 0 Å². The second kappa shape index (κ2) is 8.91. The molecule has 7 heteroatoms. The van der Waals surface area contributed by atoms with E-state index in [-0.39, 0.29) is 24.3 Å². The smallest absolute Gasteiger partial charge is 0.338 e. The standard InChI is InChI=1S/C24H31N3O3S/c1-14(2)25-19(28)12-17-13-31-23-26-16(4)20(22(29)30-24(5,6)7)21(27(17)23)18-11-9-8-10-15(18)3/h8-11,13-14,21H,12H2,1-7H3,(H,25,28). The number of aryl methyl sites for hydroxylation is 1. The lowest BCUT2D eigenvalue weighted by Gasteiger charge is -2.37. The molecule has 6 nitrogen and oxygen atoms in total. The van der Waals surface area contributed by atoms with E-state index in [1.165, 1.54) is 11.8 Å². The van der Waals surface area contributed by atoms with E-state index in [0.29, 0.717) is 11.3 Å². The van der Waals surface area contributed by atoms with Crippen molar-refractivity contribution >= 4 is 28.8 Å². The lowest BCUT2D eigenvalue weighted by molar-refractivity contribution is -0.150. The molecular formula is C24H31N3O3S. The molecule has 0 fully saturated rings. The number of nitrogens with one attached hydrogen (secondary N) is 1. The van der Waals surface area contributed by atoms with Crippen molar-refractivity contribution in [3.8, 4) is 0 Å². The van der Waals surface area contributed by atoms with E-state index >= 15 is 0 Å². The van der Waals surface area contributed by atoms with Gasteiger partial charge in [-0.1, -0.05) is 36.0 Å². The van der Waals surface area contributed by atoms with Crippen molar-refractivity contribution in [3.63, 3.8) is 0 Å². The number of hydrogen-bond acceptors (Lipinski definition) is 6. The fraction of sp³-hybridized carbons (Fsp3) is 0.458. The number of hydrogen-bond donors (Lipinski definition) is 1. The fourth-order valence-corrected chi connectivity index (χ4v) is 4.65. The molecule has 31 heavy (non-hydrogen) atoms. The van der Waals surface area contributed by atoms with Gasteiger partial charge >= 0.3 is 5.97 Å². The molecule has 0 aromatic heterocycles.